The fraction of sp³-hybridized carbons (Fsp3) is 0.476. The van der Waals surface area contributed by atoms with Gasteiger partial charge in [-0.25, -0.2) is 0 Å². The van der Waals surface area contributed by atoms with Gasteiger partial charge in [0.05, 0.1) is 19.1 Å². The van der Waals surface area contributed by atoms with Gasteiger partial charge in [0.15, 0.2) is 11.5 Å². The SMILES string of the molecule is CCc1cc(C(=O)NCCN2CCc3cc(OC)c(OC)cc3C2)sc1C. The van der Waals surface area contributed by atoms with Crippen LogP contribution in [0, 0.1) is 6.92 Å². The smallest absolute Gasteiger partial charge is 0.261 e. The third-order valence-corrected chi connectivity index (χ3v) is 6.23. The average Bonchev–Trinajstić information content (AvgIpc) is 3.07. The molecular formula is C21H28N2O3S. The lowest BCUT2D eigenvalue weighted by Gasteiger charge is -2.29. The second-order valence-corrected chi connectivity index (χ2v) is 8.06. The van der Waals surface area contributed by atoms with Gasteiger partial charge in [-0.2, -0.15) is 0 Å². The van der Waals surface area contributed by atoms with E-state index < -0.39 is 0 Å². The Labute approximate surface area is 165 Å². The number of hydrogen-bond acceptors (Lipinski definition) is 5. The molecule has 6 heteroatoms. The standard InChI is InChI=1S/C21H28N2O3S/c1-5-15-12-20(27-14(15)2)21(24)22-7-9-23-8-6-16-10-18(25-3)19(26-4)11-17(16)13-23/h10-12H,5-9,13H2,1-4H3,(H,22,24). The van der Waals surface area contributed by atoms with Crippen molar-refractivity contribution in [3.05, 3.63) is 44.6 Å². The molecule has 1 aliphatic rings. The molecule has 0 fully saturated rings. The zero-order valence-corrected chi connectivity index (χ0v) is 17.4. The van der Waals surface area contributed by atoms with Gasteiger partial charge in [0, 0.05) is 31.1 Å². The van der Waals surface area contributed by atoms with E-state index in [2.05, 4.69) is 36.2 Å². The number of amides is 1. The van der Waals surface area contributed by atoms with Crippen molar-refractivity contribution >= 4 is 17.2 Å². The molecule has 1 N–H and O–H groups in total. The zero-order valence-electron chi connectivity index (χ0n) is 16.6. The van der Waals surface area contributed by atoms with Crippen LogP contribution >= 0.6 is 11.3 Å². The second-order valence-electron chi connectivity index (χ2n) is 6.80. The first-order valence-electron chi connectivity index (χ1n) is 9.39. The summed E-state index contributed by atoms with van der Waals surface area (Å²) in [6, 6.07) is 6.17. The number of nitrogens with one attached hydrogen (secondary N) is 1. The van der Waals surface area contributed by atoms with Crippen molar-refractivity contribution in [2.24, 2.45) is 0 Å². The van der Waals surface area contributed by atoms with Gasteiger partial charge in [0.2, 0.25) is 0 Å². The first-order valence-corrected chi connectivity index (χ1v) is 10.2. The lowest BCUT2D eigenvalue weighted by molar-refractivity contribution is 0.0951. The normalized spacial score (nSPS) is 13.9. The molecule has 0 radical (unpaired) electrons. The fourth-order valence-corrected chi connectivity index (χ4v) is 4.56. The molecule has 0 unspecified atom stereocenters. The Morgan fingerprint density at radius 2 is 1.89 bits per heavy atom. The van der Waals surface area contributed by atoms with Gasteiger partial charge in [-0.15, -0.1) is 11.3 Å². The summed E-state index contributed by atoms with van der Waals surface area (Å²) in [4.78, 5) is 16.8. The Balaban J connectivity index is 1.55. The van der Waals surface area contributed by atoms with E-state index in [9.17, 15) is 4.79 Å². The summed E-state index contributed by atoms with van der Waals surface area (Å²) in [6.07, 6.45) is 1.95. The summed E-state index contributed by atoms with van der Waals surface area (Å²) in [6.45, 7) is 7.54. The van der Waals surface area contributed by atoms with Gasteiger partial charge in [0.1, 0.15) is 0 Å². The maximum absolute atomic E-state index is 12.4. The Bertz CT molecular complexity index is 816. The number of ether oxygens (including phenoxy) is 2. The number of carbonyl (C=O) groups excluding carboxylic acids is 1. The maximum Gasteiger partial charge on any atom is 0.261 e. The minimum absolute atomic E-state index is 0.0339. The molecule has 1 amide bonds. The molecule has 2 heterocycles. The summed E-state index contributed by atoms with van der Waals surface area (Å²) in [5, 5.41) is 3.06. The highest BCUT2D eigenvalue weighted by molar-refractivity contribution is 7.14. The number of methoxy groups -OCH3 is 2. The van der Waals surface area contributed by atoms with E-state index >= 15 is 0 Å². The van der Waals surface area contributed by atoms with Gasteiger partial charge < -0.3 is 14.8 Å². The predicted molar refractivity (Wildman–Crippen MR) is 109 cm³/mol. The van der Waals surface area contributed by atoms with E-state index in [1.165, 1.54) is 21.6 Å². The largest absolute Gasteiger partial charge is 0.493 e. The third-order valence-electron chi connectivity index (χ3n) is 5.14. The van der Waals surface area contributed by atoms with Crippen molar-refractivity contribution in [1.82, 2.24) is 10.2 Å². The molecule has 5 nitrogen and oxygen atoms in total. The van der Waals surface area contributed by atoms with Gasteiger partial charge in [-0.3, -0.25) is 9.69 Å². The molecule has 27 heavy (non-hydrogen) atoms. The zero-order chi connectivity index (χ0) is 19.4. The van der Waals surface area contributed by atoms with Gasteiger partial charge >= 0.3 is 0 Å². The average molecular weight is 389 g/mol. The van der Waals surface area contributed by atoms with Crippen molar-refractivity contribution in [2.75, 3.05) is 33.9 Å². The van der Waals surface area contributed by atoms with Crippen molar-refractivity contribution < 1.29 is 14.3 Å². The molecule has 146 valence electrons. The summed E-state index contributed by atoms with van der Waals surface area (Å²) in [7, 11) is 3.33. The summed E-state index contributed by atoms with van der Waals surface area (Å²) in [5.74, 6) is 1.59. The van der Waals surface area contributed by atoms with Crippen LogP contribution in [-0.2, 0) is 19.4 Å². The number of hydrogen-bond donors (Lipinski definition) is 1. The number of fused-ring (bicyclic) bond motifs is 1. The minimum atomic E-state index is 0.0339. The maximum atomic E-state index is 12.4. The van der Waals surface area contributed by atoms with Crippen LogP contribution in [0.4, 0.5) is 0 Å². The van der Waals surface area contributed by atoms with Crippen molar-refractivity contribution in [2.45, 2.75) is 33.2 Å². The van der Waals surface area contributed by atoms with Crippen LogP contribution in [-0.4, -0.2) is 44.7 Å². The van der Waals surface area contributed by atoms with Crippen LogP contribution in [0.5, 0.6) is 11.5 Å². The van der Waals surface area contributed by atoms with Crippen molar-refractivity contribution in [3.8, 4) is 11.5 Å². The lowest BCUT2D eigenvalue weighted by atomic mass is 9.99. The molecule has 0 aliphatic carbocycles. The first kappa shape index (κ1) is 19.7. The highest BCUT2D eigenvalue weighted by atomic mass is 32.1. The molecule has 0 bridgehead atoms. The quantitative estimate of drug-likeness (QED) is 0.790. The molecule has 1 aromatic heterocycles. The van der Waals surface area contributed by atoms with Gasteiger partial charge in [0.25, 0.3) is 5.91 Å². The van der Waals surface area contributed by atoms with Crippen LogP contribution in [0.2, 0.25) is 0 Å². The number of rotatable bonds is 7. The summed E-state index contributed by atoms with van der Waals surface area (Å²) < 4.78 is 10.8. The molecule has 3 rings (SSSR count). The Kier molecular flexibility index (Phi) is 6.39. The second kappa shape index (κ2) is 8.76. The molecule has 1 aliphatic heterocycles. The molecule has 0 saturated heterocycles. The molecular weight excluding hydrogens is 360 g/mol. The van der Waals surface area contributed by atoms with Crippen LogP contribution in [0.1, 0.15) is 38.2 Å². The predicted octanol–water partition coefficient (Wildman–Crippen LogP) is 3.42. The summed E-state index contributed by atoms with van der Waals surface area (Å²) in [5.41, 5.74) is 3.85. The molecule has 2 aromatic rings. The van der Waals surface area contributed by atoms with Crippen molar-refractivity contribution in [3.63, 3.8) is 0 Å². The van der Waals surface area contributed by atoms with Crippen molar-refractivity contribution in [1.29, 1.82) is 0 Å². The fourth-order valence-electron chi connectivity index (χ4n) is 3.53. The molecule has 0 saturated carbocycles. The lowest BCUT2D eigenvalue weighted by Crippen LogP contribution is -2.37. The number of carbonyl (C=O) groups is 1. The Morgan fingerprint density at radius 1 is 1.19 bits per heavy atom. The Hall–Kier alpha value is -2.05. The van der Waals surface area contributed by atoms with E-state index in [1.54, 1.807) is 25.6 Å². The van der Waals surface area contributed by atoms with E-state index in [1.807, 2.05) is 6.07 Å². The number of aryl methyl sites for hydroxylation is 2. The number of benzene rings is 1. The van der Waals surface area contributed by atoms with E-state index in [-0.39, 0.29) is 5.91 Å². The van der Waals surface area contributed by atoms with Crippen LogP contribution in [0.15, 0.2) is 18.2 Å². The highest BCUT2D eigenvalue weighted by Gasteiger charge is 2.19. The monoisotopic (exact) mass is 388 g/mol. The topological polar surface area (TPSA) is 50.8 Å². The minimum Gasteiger partial charge on any atom is -0.493 e. The Morgan fingerprint density at radius 3 is 2.52 bits per heavy atom. The summed E-state index contributed by atoms with van der Waals surface area (Å²) >= 11 is 1.58. The molecule has 1 aromatic carbocycles. The van der Waals surface area contributed by atoms with E-state index in [0.29, 0.717) is 6.54 Å². The van der Waals surface area contributed by atoms with Gasteiger partial charge in [-0.05, 0) is 54.7 Å². The first-order chi connectivity index (χ1) is 13.0. The number of thiophene rings is 1. The number of nitrogens with zero attached hydrogens (tertiary/aromatic N) is 1. The third kappa shape index (κ3) is 4.45. The molecule has 0 spiro atoms. The van der Waals surface area contributed by atoms with E-state index in [4.69, 9.17) is 9.47 Å². The van der Waals surface area contributed by atoms with Crippen LogP contribution < -0.4 is 14.8 Å². The van der Waals surface area contributed by atoms with Crippen LogP contribution in [0.3, 0.4) is 0 Å². The van der Waals surface area contributed by atoms with Gasteiger partial charge in [-0.1, -0.05) is 6.92 Å². The highest BCUT2D eigenvalue weighted by Crippen LogP contribution is 2.33. The molecule has 0 atom stereocenters. The van der Waals surface area contributed by atoms with Crippen LogP contribution in [0.25, 0.3) is 0 Å². The van der Waals surface area contributed by atoms with E-state index in [0.717, 1.165) is 48.9 Å².